The van der Waals surface area contributed by atoms with Crippen LogP contribution in [0.2, 0.25) is 0 Å². The number of hydrazine groups is 1. The van der Waals surface area contributed by atoms with Crippen LogP contribution in [-0.4, -0.2) is 57.7 Å². The van der Waals surface area contributed by atoms with E-state index >= 15 is 0 Å². The molecule has 1 atom stereocenters. The van der Waals surface area contributed by atoms with Gasteiger partial charge in [0.05, 0.1) is 5.75 Å². The average Bonchev–Trinajstić information content (AvgIpc) is 2.68. The highest BCUT2D eigenvalue weighted by molar-refractivity contribution is 7.99. The molecule has 13 heteroatoms. The number of nitrogens with one attached hydrogen (secondary N) is 5. The first kappa shape index (κ1) is 25.1. The van der Waals surface area contributed by atoms with E-state index in [1.165, 1.54) is 0 Å². The molecule has 0 bridgehead atoms. The number of nitrogens with zero attached hydrogens (tertiary/aromatic N) is 3. The molecule has 1 rings (SSSR count). The Morgan fingerprint density at radius 2 is 1.90 bits per heavy atom. The lowest BCUT2D eigenvalue weighted by atomic mass is 10.1. The zero-order valence-corrected chi connectivity index (χ0v) is 17.8. The van der Waals surface area contributed by atoms with Crippen molar-refractivity contribution in [1.82, 2.24) is 31.3 Å². The third kappa shape index (κ3) is 11.8. The summed E-state index contributed by atoms with van der Waals surface area (Å²) < 4.78 is 0. The highest BCUT2D eigenvalue weighted by Crippen LogP contribution is 2.10. The van der Waals surface area contributed by atoms with Crippen LogP contribution in [0.15, 0.2) is 23.6 Å². The number of hydrogen-bond donors (Lipinski definition) is 5. The average molecular weight is 441 g/mol. The number of rotatable bonds is 13. The molecule has 0 radical (unpaired) electrons. The number of hydrogen-bond acceptors (Lipinski definition) is 8. The fourth-order valence-electron chi connectivity index (χ4n) is 2.25. The topological polar surface area (TPSA) is 175 Å². The second-order valence-corrected chi connectivity index (χ2v) is 7.67. The molecule has 0 saturated carbocycles. The maximum absolute atomic E-state index is 12.5. The molecule has 0 aliphatic rings. The van der Waals surface area contributed by atoms with E-state index in [2.05, 4.69) is 25.9 Å². The van der Waals surface area contributed by atoms with Crippen molar-refractivity contribution in [3.05, 3.63) is 28.6 Å². The van der Waals surface area contributed by atoms with Gasteiger partial charge in [-0.1, -0.05) is 31.0 Å². The monoisotopic (exact) mass is 440 g/mol. The minimum Gasteiger partial charge on any atom is -0.354 e. The first-order valence-corrected chi connectivity index (χ1v) is 10.5. The van der Waals surface area contributed by atoms with E-state index in [4.69, 9.17) is 5.41 Å². The van der Waals surface area contributed by atoms with E-state index in [0.29, 0.717) is 30.5 Å². The number of guanidine groups is 1. The summed E-state index contributed by atoms with van der Waals surface area (Å²) in [7, 11) is 0. The van der Waals surface area contributed by atoms with Crippen molar-refractivity contribution in [2.24, 2.45) is 5.92 Å². The van der Waals surface area contributed by atoms with Crippen molar-refractivity contribution >= 4 is 29.5 Å². The molecule has 0 fully saturated rings. The Labute approximate surface area is 179 Å². The van der Waals surface area contributed by atoms with Crippen LogP contribution in [0.1, 0.15) is 33.1 Å². The van der Waals surface area contributed by atoms with Crippen LogP contribution >= 0.6 is 11.8 Å². The van der Waals surface area contributed by atoms with E-state index in [9.17, 15) is 19.7 Å². The Morgan fingerprint density at radius 1 is 1.20 bits per heavy atom. The summed E-state index contributed by atoms with van der Waals surface area (Å²) in [6.45, 7) is 4.84. The van der Waals surface area contributed by atoms with Crippen molar-refractivity contribution in [1.29, 1.82) is 5.41 Å². The van der Waals surface area contributed by atoms with Crippen LogP contribution in [0.3, 0.4) is 0 Å². The van der Waals surface area contributed by atoms with Gasteiger partial charge in [0.2, 0.25) is 11.8 Å². The number of aromatic nitrogens is 2. The normalized spacial score (nSPS) is 11.4. The van der Waals surface area contributed by atoms with Crippen LogP contribution in [0.5, 0.6) is 0 Å². The van der Waals surface area contributed by atoms with Gasteiger partial charge in [0.25, 0.3) is 5.96 Å². The third-order valence-corrected chi connectivity index (χ3v) is 4.60. The van der Waals surface area contributed by atoms with Gasteiger partial charge < -0.3 is 16.0 Å². The van der Waals surface area contributed by atoms with Crippen molar-refractivity contribution < 1.29 is 14.6 Å². The second kappa shape index (κ2) is 14.1. The second-order valence-electron chi connectivity index (χ2n) is 6.73. The van der Waals surface area contributed by atoms with E-state index in [-0.39, 0.29) is 24.1 Å². The van der Waals surface area contributed by atoms with Crippen molar-refractivity contribution in [2.75, 3.05) is 18.8 Å². The van der Waals surface area contributed by atoms with Crippen LogP contribution in [0.25, 0.3) is 0 Å². The summed E-state index contributed by atoms with van der Waals surface area (Å²) in [6, 6.07) is 0.928. The van der Waals surface area contributed by atoms with E-state index in [1.807, 2.05) is 13.8 Å². The van der Waals surface area contributed by atoms with Gasteiger partial charge in [-0.3, -0.25) is 15.0 Å². The molecule has 0 saturated heterocycles. The smallest absolute Gasteiger partial charge is 0.251 e. The lowest BCUT2D eigenvalue weighted by Crippen LogP contribution is -2.48. The molecule has 1 aromatic rings. The van der Waals surface area contributed by atoms with E-state index in [1.54, 1.807) is 23.9 Å². The Hall–Kier alpha value is -2.96. The lowest BCUT2D eigenvalue weighted by molar-refractivity contribution is -0.525. The summed E-state index contributed by atoms with van der Waals surface area (Å²) in [5.74, 6) is -0.558. The number of nitro groups is 1. The Bertz CT molecular complexity index is 704. The highest BCUT2D eigenvalue weighted by Gasteiger charge is 2.20. The highest BCUT2D eigenvalue weighted by atomic mass is 32.2. The number of amides is 2. The van der Waals surface area contributed by atoms with Gasteiger partial charge in [-0.05, 0) is 31.2 Å². The number of thioether (sulfide) groups is 1. The van der Waals surface area contributed by atoms with Gasteiger partial charge >= 0.3 is 0 Å². The SMILES string of the molecule is CC(C)CCNC(=O)[C@H](CCCNC(=N)N[N+](=O)[O-])NC(=O)CSc1ncccn1. The van der Waals surface area contributed by atoms with Crippen LogP contribution in [-0.2, 0) is 9.59 Å². The number of carbonyl (C=O) groups excluding carboxylic acids is 2. The zero-order chi connectivity index (χ0) is 22.4. The summed E-state index contributed by atoms with van der Waals surface area (Å²) in [4.78, 5) is 43.1. The van der Waals surface area contributed by atoms with Crippen LogP contribution in [0.4, 0.5) is 0 Å². The minimum atomic E-state index is -0.839. The van der Waals surface area contributed by atoms with Crippen molar-refractivity contribution in [3.8, 4) is 0 Å². The largest absolute Gasteiger partial charge is 0.354 e. The maximum Gasteiger partial charge on any atom is 0.251 e. The summed E-state index contributed by atoms with van der Waals surface area (Å²) in [5, 5.41) is 25.3. The Morgan fingerprint density at radius 3 is 2.53 bits per heavy atom. The van der Waals surface area contributed by atoms with E-state index < -0.39 is 17.0 Å². The predicted molar refractivity (Wildman–Crippen MR) is 112 cm³/mol. The van der Waals surface area contributed by atoms with Gasteiger partial charge in [0, 0.05) is 25.5 Å². The van der Waals surface area contributed by atoms with Gasteiger partial charge in [0.1, 0.15) is 6.04 Å². The third-order valence-electron chi connectivity index (χ3n) is 3.72. The molecule has 1 heterocycles. The molecule has 2 amide bonds. The molecule has 0 unspecified atom stereocenters. The molecule has 5 N–H and O–H groups in total. The molecule has 12 nitrogen and oxygen atoms in total. The molecular weight excluding hydrogens is 412 g/mol. The molecule has 30 heavy (non-hydrogen) atoms. The van der Waals surface area contributed by atoms with Crippen molar-refractivity contribution in [2.45, 2.75) is 44.3 Å². The van der Waals surface area contributed by atoms with Gasteiger partial charge in [-0.15, -0.1) is 0 Å². The summed E-state index contributed by atoms with van der Waals surface area (Å²) in [5.41, 5.74) is 1.69. The van der Waals surface area contributed by atoms with E-state index in [0.717, 1.165) is 18.2 Å². The minimum absolute atomic E-state index is 0.0649. The molecule has 0 aromatic carbocycles. The van der Waals surface area contributed by atoms with Gasteiger partial charge in [0.15, 0.2) is 10.2 Å². The summed E-state index contributed by atoms with van der Waals surface area (Å²) >= 11 is 1.16. The molecule has 0 spiro atoms. The lowest BCUT2D eigenvalue weighted by Gasteiger charge is -2.19. The molecule has 1 aromatic heterocycles. The first-order valence-electron chi connectivity index (χ1n) is 9.48. The van der Waals surface area contributed by atoms with Crippen molar-refractivity contribution in [3.63, 3.8) is 0 Å². The van der Waals surface area contributed by atoms with Gasteiger partial charge in [-0.25, -0.2) is 20.1 Å². The fourth-order valence-corrected chi connectivity index (χ4v) is 2.87. The van der Waals surface area contributed by atoms with Crippen LogP contribution in [0, 0.1) is 21.4 Å². The molecule has 0 aliphatic carbocycles. The number of carbonyl (C=O) groups is 2. The Kier molecular flexibility index (Phi) is 11.8. The zero-order valence-electron chi connectivity index (χ0n) is 17.0. The Balaban J connectivity index is 2.51. The molecular formula is C17H28N8O4S. The first-order chi connectivity index (χ1) is 14.3. The predicted octanol–water partition coefficient (Wildman–Crippen LogP) is 0.302. The summed E-state index contributed by atoms with van der Waals surface area (Å²) in [6.07, 6.45) is 4.70. The molecule has 166 valence electrons. The molecule has 0 aliphatic heterocycles. The van der Waals surface area contributed by atoms with Crippen LogP contribution < -0.4 is 21.4 Å². The standard InChI is InChI=1S/C17H28N8O4S/c1-12(2)6-10-19-15(27)13(5-3-7-20-16(18)24-25(28)29)23-14(26)11-30-17-21-8-4-9-22-17/h4,8-9,12-13H,3,5-7,10-11H2,1-2H3,(H,19,27)(H,23,26)(H3,18,20,24)/t13-/m0/s1. The quantitative estimate of drug-likeness (QED) is 0.0549. The maximum atomic E-state index is 12.5. The van der Waals surface area contributed by atoms with Gasteiger partial charge in [-0.2, -0.15) is 0 Å². The fraction of sp³-hybridized carbons (Fsp3) is 0.588.